The zero-order valence-electron chi connectivity index (χ0n) is 10.4. The van der Waals surface area contributed by atoms with E-state index in [1.165, 1.54) is 6.33 Å². The van der Waals surface area contributed by atoms with E-state index in [9.17, 15) is 18.0 Å². The van der Waals surface area contributed by atoms with E-state index in [1.54, 1.807) is 0 Å². The standard InChI is InChI=1S/C11H10F3N5OS/c12-11(13,14)6-1-2-8(7(15)3-6)18-9(20)4-21-10-16-5-17-19-10/h1-3,5H,4,15H2,(H,18,20)(H,16,17,19). The first-order valence-corrected chi connectivity index (χ1v) is 6.59. The number of aromatic nitrogens is 3. The van der Waals surface area contributed by atoms with E-state index in [-0.39, 0.29) is 17.1 Å². The van der Waals surface area contributed by atoms with Crippen LogP contribution >= 0.6 is 11.8 Å². The van der Waals surface area contributed by atoms with Gasteiger partial charge in [-0.3, -0.25) is 9.89 Å². The van der Waals surface area contributed by atoms with Crippen LogP contribution in [-0.4, -0.2) is 26.8 Å². The Balaban J connectivity index is 1.97. The summed E-state index contributed by atoms with van der Waals surface area (Å²) >= 11 is 1.11. The Morgan fingerprint density at radius 3 is 2.76 bits per heavy atom. The highest BCUT2D eigenvalue weighted by atomic mass is 32.2. The van der Waals surface area contributed by atoms with Gasteiger partial charge in [-0.1, -0.05) is 11.8 Å². The van der Waals surface area contributed by atoms with Crippen molar-refractivity contribution >= 4 is 29.0 Å². The van der Waals surface area contributed by atoms with Crippen LogP contribution in [-0.2, 0) is 11.0 Å². The average Bonchev–Trinajstić information content (AvgIpc) is 2.91. The van der Waals surface area contributed by atoms with Crippen LogP contribution in [0.3, 0.4) is 0 Å². The van der Waals surface area contributed by atoms with Crippen LogP contribution in [0.15, 0.2) is 29.7 Å². The Morgan fingerprint density at radius 1 is 1.43 bits per heavy atom. The second kappa shape index (κ2) is 6.04. The molecule has 0 aliphatic heterocycles. The number of alkyl halides is 3. The van der Waals surface area contributed by atoms with Crippen molar-refractivity contribution in [3.05, 3.63) is 30.1 Å². The fourth-order valence-corrected chi connectivity index (χ4v) is 2.02. The van der Waals surface area contributed by atoms with Crippen LogP contribution in [0.2, 0.25) is 0 Å². The van der Waals surface area contributed by atoms with Gasteiger partial charge in [0.25, 0.3) is 0 Å². The van der Waals surface area contributed by atoms with E-state index < -0.39 is 17.6 Å². The van der Waals surface area contributed by atoms with Crippen molar-refractivity contribution in [3.8, 4) is 0 Å². The molecule has 0 saturated heterocycles. The number of nitrogens with two attached hydrogens (primary N) is 1. The molecule has 2 rings (SSSR count). The molecule has 0 saturated carbocycles. The summed E-state index contributed by atoms with van der Waals surface area (Å²) in [5.74, 6) is -0.391. The molecule has 112 valence electrons. The lowest BCUT2D eigenvalue weighted by Crippen LogP contribution is -2.16. The van der Waals surface area contributed by atoms with Crippen molar-refractivity contribution in [1.29, 1.82) is 0 Å². The molecule has 0 bridgehead atoms. The summed E-state index contributed by atoms with van der Waals surface area (Å²) in [6, 6.07) is 2.75. The van der Waals surface area contributed by atoms with Gasteiger partial charge in [0.15, 0.2) is 5.16 Å². The molecule has 0 aliphatic carbocycles. The Morgan fingerprint density at radius 2 is 2.19 bits per heavy atom. The maximum absolute atomic E-state index is 12.5. The Kier molecular flexibility index (Phi) is 4.36. The monoisotopic (exact) mass is 317 g/mol. The first-order valence-electron chi connectivity index (χ1n) is 5.61. The predicted molar refractivity (Wildman–Crippen MR) is 71.6 cm³/mol. The Labute approximate surface area is 121 Å². The van der Waals surface area contributed by atoms with Crippen LogP contribution in [0.1, 0.15) is 5.56 Å². The average molecular weight is 317 g/mol. The molecule has 0 atom stereocenters. The lowest BCUT2D eigenvalue weighted by atomic mass is 10.1. The van der Waals surface area contributed by atoms with Gasteiger partial charge in [0.05, 0.1) is 22.7 Å². The third-order valence-electron chi connectivity index (χ3n) is 2.39. The second-order valence-electron chi connectivity index (χ2n) is 3.93. The SMILES string of the molecule is Nc1cc(C(F)(F)F)ccc1NC(=O)CSc1ncn[nH]1. The van der Waals surface area contributed by atoms with Crippen molar-refractivity contribution < 1.29 is 18.0 Å². The summed E-state index contributed by atoms with van der Waals surface area (Å²) in [6.45, 7) is 0. The minimum absolute atomic E-state index is 0.0235. The lowest BCUT2D eigenvalue weighted by molar-refractivity contribution is -0.137. The molecular formula is C11H10F3N5OS. The molecule has 2 aromatic rings. The summed E-state index contributed by atoms with van der Waals surface area (Å²) in [5.41, 5.74) is 4.62. The van der Waals surface area contributed by atoms with E-state index in [1.807, 2.05) is 0 Å². The van der Waals surface area contributed by atoms with Gasteiger partial charge < -0.3 is 11.1 Å². The number of nitrogens with one attached hydrogen (secondary N) is 2. The van der Waals surface area contributed by atoms with Crippen LogP contribution < -0.4 is 11.1 Å². The number of halogens is 3. The molecule has 1 aromatic carbocycles. The highest BCUT2D eigenvalue weighted by Crippen LogP contribution is 2.32. The molecule has 6 nitrogen and oxygen atoms in total. The molecule has 1 heterocycles. The van der Waals surface area contributed by atoms with Crippen molar-refractivity contribution in [2.24, 2.45) is 0 Å². The number of thioether (sulfide) groups is 1. The number of carbonyl (C=O) groups is 1. The van der Waals surface area contributed by atoms with Gasteiger partial charge in [0.2, 0.25) is 5.91 Å². The smallest absolute Gasteiger partial charge is 0.397 e. The van der Waals surface area contributed by atoms with Crippen LogP contribution in [0.25, 0.3) is 0 Å². The Bertz CT molecular complexity index is 629. The highest BCUT2D eigenvalue weighted by molar-refractivity contribution is 7.99. The van der Waals surface area contributed by atoms with Gasteiger partial charge in [-0.25, -0.2) is 4.98 Å². The first-order chi connectivity index (χ1) is 9.86. The number of benzene rings is 1. The van der Waals surface area contributed by atoms with Gasteiger partial charge in [0, 0.05) is 0 Å². The Hall–Kier alpha value is -2.23. The van der Waals surface area contributed by atoms with E-state index in [2.05, 4.69) is 20.5 Å². The fourth-order valence-electron chi connectivity index (χ4n) is 1.44. The predicted octanol–water partition coefficient (Wildman–Crippen LogP) is 2.14. The molecule has 10 heteroatoms. The maximum atomic E-state index is 12.5. The number of aromatic amines is 1. The van der Waals surface area contributed by atoms with Crippen molar-refractivity contribution in [2.45, 2.75) is 11.3 Å². The molecule has 21 heavy (non-hydrogen) atoms. The van der Waals surface area contributed by atoms with Gasteiger partial charge in [-0.2, -0.15) is 18.3 Å². The summed E-state index contributed by atoms with van der Waals surface area (Å²) in [4.78, 5) is 15.5. The number of carbonyl (C=O) groups excluding carboxylic acids is 1. The van der Waals surface area contributed by atoms with E-state index in [0.29, 0.717) is 5.16 Å². The quantitative estimate of drug-likeness (QED) is 0.593. The number of nitrogen functional groups attached to an aromatic ring is 1. The zero-order valence-corrected chi connectivity index (χ0v) is 11.3. The number of H-pyrrole nitrogens is 1. The van der Waals surface area contributed by atoms with Gasteiger partial charge in [0.1, 0.15) is 6.33 Å². The van der Waals surface area contributed by atoms with Crippen molar-refractivity contribution in [3.63, 3.8) is 0 Å². The van der Waals surface area contributed by atoms with Gasteiger partial charge >= 0.3 is 6.18 Å². The molecule has 0 radical (unpaired) electrons. The number of anilines is 2. The number of amides is 1. The maximum Gasteiger partial charge on any atom is 0.416 e. The minimum atomic E-state index is -4.47. The molecule has 1 amide bonds. The van der Waals surface area contributed by atoms with Gasteiger partial charge in [-0.15, -0.1) is 0 Å². The van der Waals surface area contributed by atoms with Gasteiger partial charge in [-0.05, 0) is 18.2 Å². The highest BCUT2D eigenvalue weighted by Gasteiger charge is 2.30. The topological polar surface area (TPSA) is 96.7 Å². The third kappa shape index (κ3) is 4.12. The number of rotatable bonds is 4. The summed E-state index contributed by atoms with van der Waals surface area (Å²) in [6.07, 6.45) is -3.17. The van der Waals surface area contributed by atoms with Crippen molar-refractivity contribution in [1.82, 2.24) is 15.2 Å². The minimum Gasteiger partial charge on any atom is -0.397 e. The van der Waals surface area contributed by atoms with Crippen LogP contribution in [0, 0.1) is 0 Å². The molecular weight excluding hydrogens is 307 g/mol. The van der Waals surface area contributed by atoms with E-state index >= 15 is 0 Å². The molecule has 0 aliphatic rings. The van der Waals surface area contributed by atoms with E-state index in [0.717, 1.165) is 30.0 Å². The second-order valence-corrected chi connectivity index (χ2v) is 4.89. The molecule has 0 unspecified atom stereocenters. The van der Waals surface area contributed by atoms with E-state index in [4.69, 9.17) is 5.73 Å². The van der Waals surface area contributed by atoms with Crippen LogP contribution in [0.4, 0.5) is 24.5 Å². The molecule has 4 N–H and O–H groups in total. The summed E-state index contributed by atoms with van der Waals surface area (Å²) in [5, 5.41) is 9.08. The molecule has 1 aromatic heterocycles. The summed E-state index contributed by atoms with van der Waals surface area (Å²) < 4.78 is 37.4. The third-order valence-corrected chi connectivity index (χ3v) is 3.26. The fraction of sp³-hybridized carbons (Fsp3) is 0.182. The van der Waals surface area contributed by atoms with Crippen LogP contribution in [0.5, 0.6) is 0 Å². The number of hydrogen-bond acceptors (Lipinski definition) is 5. The van der Waals surface area contributed by atoms with Crippen molar-refractivity contribution in [2.75, 3.05) is 16.8 Å². The normalized spacial score (nSPS) is 11.4. The number of nitrogens with zero attached hydrogens (tertiary/aromatic N) is 2. The summed E-state index contributed by atoms with van der Waals surface area (Å²) in [7, 11) is 0. The lowest BCUT2D eigenvalue weighted by Gasteiger charge is -2.11. The largest absolute Gasteiger partial charge is 0.416 e. The zero-order chi connectivity index (χ0) is 15.5. The first kappa shape index (κ1) is 15.2. The molecule has 0 spiro atoms. The molecule has 0 fully saturated rings. The number of hydrogen-bond donors (Lipinski definition) is 3.